The summed E-state index contributed by atoms with van der Waals surface area (Å²) in [5.41, 5.74) is 3.27. The predicted octanol–water partition coefficient (Wildman–Crippen LogP) is 4.18. The summed E-state index contributed by atoms with van der Waals surface area (Å²) in [5.74, 6) is 0.338. The summed E-state index contributed by atoms with van der Waals surface area (Å²) in [6.45, 7) is 5.18. The second-order valence-corrected chi connectivity index (χ2v) is 5.92. The van der Waals surface area contributed by atoms with Gasteiger partial charge in [-0.1, -0.05) is 30.3 Å². The van der Waals surface area contributed by atoms with Crippen LogP contribution in [0.25, 0.3) is 0 Å². The van der Waals surface area contributed by atoms with Gasteiger partial charge in [0.15, 0.2) is 0 Å². The Balaban J connectivity index is 0.00000176. The van der Waals surface area contributed by atoms with Crippen LogP contribution in [0.4, 0.5) is 0 Å². The van der Waals surface area contributed by atoms with Crippen molar-refractivity contribution in [2.75, 3.05) is 0 Å². The number of halogens is 1. The molecule has 0 aliphatic carbocycles. The summed E-state index contributed by atoms with van der Waals surface area (Å²) in [7, 11) is 0. The summed E-state index contributed by atoms with van der Waals surface area (Å²) in [5, 5.41) is 19.9. The second-order valence-electron chi connectivity index (χ2n) is 5.92. The number of phenolic OH excluding ortho intramolecular Hbond substituents is 2. The molecule has 3 nitrogen and oxygen atoms in total. The average molecular weight is 364 g/mol. The lowest BCUT2D eigenvalue weighted by Gasteiger charge is -2.40. The molecule has 0 fully saturated rings. The van der Waals surface area contributed by atoms with Crippen molar-refractivity contribution >= 4 is 17.0 Å². The van der Waals surface area contributed by atoms with Gasteiger partial charge >= 0.3 is 0 Å². The number of benzene rings is 2. The van der Waals surface area contributed by atoms with Gasteiger partial charge in [0.2, 0.25) is 0 Å². The maximum Gasteiger partial charge on any atom is 0.124 e. The fourth-order valence-electron chi connectivity index (χ4n) is 3.40. The zero-order valence-corrected chi connectivity index (χ0v) is 14.6. The smallest absolute Gasteiger partial charge is 0.124 e. The molecule has 0 bridgehead atoms. The van der Waals surface area contributed by atoms with E-state index in [0.717, 1.165) is 24.1 Å². The van der Waals surface area contributed by atoms with Gasteiger partial charge in [0.05, 0.1) is 0 Å². The average Bonchev–Trinajstić information content (AvgIpc) is 2.43. The Labute approximate surface area is 142 Å². The van der Waals surface area contributed by atoms with E-state index in [-0.39, 0.29) is 34.5 Å². The topological polar surface area (TPSA) is 43.7 Å². The largest absolute Gasteiger partial charge is 0.508 e. The van der Waals surface area contributed by atoms with Gasteiger partial charge in [0, 0.05) is 30.3 Å². The molecule has 4 heteroatoms. The van der Waals surface area contributed by atoms with Crippen LogP contribution in [0.15, 0.2) is 42.5 Å². The molecular weight excluding hydrogens is 342 g/mol. The first kappa shape index (κ1) is 16.8. The third kappa shape index (κ3) is 3.13. The Kier molecular flexibility index (Phi) is 5.14. The molecule has 1 heterocycles. The molecule has 0 saturated carbocycles. The Hall–Kier alpha value is -1.52. The molecule has 0 unspecified atom stereocenters. The first-order chi connectivity index (χ1) is 10.1. The van der Waals surface area contributed by atoms with Crippen LogP contribution < -0.4 is 0 Å². The molecule has 0 saturated heterocycles. The van der Waals surface area contributed by atoms with Crippen molar-refractivity contribution in [3.63, 3.8) is 0 Å². The Bertz CT molecular complexity index is 645. The summed E-state index contributed by atoms with van der Waals surface area (Å²) < 4.78 is 0. The molecule has 22 heavy (non-hydrogen) atoms. The van der Waals surface area contributed by atoms with E-state index < -0.39 is 0 Å². The molecule has 0 radical (unpaired) electrons. The Morgan fingerprint density at radius 3 is 2.45 bits per heavy atom. The van der Waals surface area contributed by atoms with Crippen LogP contribution in [0, 0.1) is 0 Å². The molecule has 2 aromatic carbocycles. The molecule has 3 rings (SSSR count). The molecule has 118 valence electrons. The molecule has 1 aliphatic heterocycles. The van der Waals surface area contributed by atoms with Crippen molar-refractivity contribution in [2.45, 2.75) is 38.9 Å². The van der Waals surface area contributed by atoms with Crippen LogP contribution in [0.2, 0.25) is 0 Å². The number of nitrogens with zero attached hydrogens (tertiary/aromatic N) is 1. The van der Waals surface area contributed by atoms with Gasteiger partial charge in [-0.25, -0.2) is 0 Å². The van der Waals surface area contributed by atoms with Crippen molar-refractivity contribution in [1.29, 1.82) is 0 Å². The van der Waals surface area contributed by atoms with Gasteiger partial charge in [-0.15, -0.1) is 17.0 Å². The quantitative estimate of drug-likeness (QED) is 0.840. The van der Waals surface area contributed by atoms with E-state index in [1.807, 2.05) is 6.07 Å². The van der Waals surface area contributed by atoms with Crippen molar-refractivity contribution in [3.8, 4) is 11.5 Å². The minimum atomic E-state index is 0. The minimum Gasteiger partial charge on any atom is -0.508 e. The van der Waals surface area contributed by atoms with Crippen LogP contribution in [0.3, 0.4) is 0 Å². The van der Waals surface area contributed by atoms with E-state index in [1.165, 1.54) is 11.6 Å². The van der Waals surface area contributed by atoms with E-state index >= 15 is 0 Å². The highest BCUT2D eigenvalue weighted by Gasteiger charge is 2.31. The first-order valence-corrected chi connectivity index (χ1v) is 7.40. The monoisotopic (exact) mass is 363 g/mol. The van der Waals surface area contributed by atoms with Crippen LogP contribution >= 0.6 is 17.0 Å². The van der Waals surface area contributed by atoms with Crippen molar-refractivity contribution in [3.05, 3.63) is 59.2 Å². The van der Waals surface area contributed by atoms with E-state index in [1.54, 1.807) is 6.07 Å². The van der Waals surface area contributed by atoms with Gasteiger partial charge < -0.3 is 10.2 Å². The number of rotatable bonds is 2. The molecule has 0 spiro atoms. The zero-order chi connectivity index (χ0) is 15.0. The molecule has 0 aromatic heterocycles. The molecule has 2 aromatic rings. The number of fused-ring (bicyclic) bond motifs is 1. The summed E-state index contributed by atoms with van der Waals surface area (Å²) in [4.78, 5) is 2.40. The lowest BCUT2D eigenvalue weighted by atomic mass is 9.88. The van der Waals surface area contributed by atoms with Gasteiger partial charge in [-0.3, -0.25) is 4.90 Å². The van der Waals surface area contributed by atoms with E-state index in [9.17, 15) is 10.2 Å². The van der Waals surface area contributed by atoms with Crippen molar-refractivity contribution < 1.29 is 10.2 Å². The fraction of sp³-hybridized carbons (Fsp3) is 0.333. The highest BCUT2D eigenvalue weighted by molar-refractivity contribution is 8.93. The van der Waals surface area contributed by atoms with Gasteiger partial charge in [-0.05, 0) is 37.5 Å². The molecule has 0 amide bonds. The Morgan fingerprint density at radius 1 is 1.09 bits per heavy atom. The molecular formula is C18H22BrNO2. The maximum absolute atomic E-state index is 10.2. The normalized spacial score (nSPS) is 21.0. The van der Waals surface area contributed by atoms with Crippen LogP contribution in [-0.4, -0.2) is 21.2 Å². The van der Waals surface area contributed by atoms with Gasteiger partial charge in [-0.2, -0.15) is 0 Å². The molecule has 2 N–H and O–H groups in total. The molecule has 2 atom stereocenters. The van der Waals surface area contributed by atoms with E-state index in [2.05, 4.69) is 43.0 Å². The number of hydrogen-bond acceptors (Lipinski definition) is 3. The third-order valence-electron chi connectivity index (χ3n) is 4.43. The summed E-state index contributed by atoms with van der Waals surface area (Å²) in [6.07, 6.45) is 0.842. The van der Waals surface area contributed by atoms with Crippen LogP contribution in [-0.2, 0) is 13.0 Å². The SMILES string of the molecule is Br.C[C@@H]1Cc2cc(O)cc(O)c2[C@@H](C)N1Cc1ccccc1. The lowest BCUT2D eigenvalue weighted by molar-refractivity contribution is 0.126. The lowest BCUT2D eigenvalue weighted by Crippen LogP contribution is -2.40. The highest BCUT2D eigenvalue weighted by atomic mass is 79.9. The summed E-state index contributed by atoms with van der Waals surface area (Å²) >= 11 is 0. The van der Waals surface area contributed by atoms with Gasteiger partial charge in [0.1, 0.15) is 11.5 Å². The minimum absolute atomic E-state index is 0. The van der Waals surface area contributed by atoms with Crippen LogP contribution in [0.5, 0.6) is 11.5 Å². The number of phenols is 2. The molecule has 1 aliphatic rings. The van der Waals surface area contributed by atoms with E-state index in [4.69, 9.17) is 0 Å². The standard InChI is InChI=1S/C18H21NO2.BrH/c1-12-8-15-9-16(20)10-17(21)18(15)13(2)19(12)11-14-6-4-3-5-7-14;/h3-7,9-10,12-13,20-21H,8,11H2,1-2H3;1H/t12-,13-;/m1./s1. The highest BCUT2D eigenvalue weighted by Crippen LogP contribution is 2.40. The number of hydrogen-bond donors (Lipinski definition) is 2. The fourth-order valence-corrected chi connectivity index (χ4v) is 3.40. The predicted molar refractivity (Wildman–Crippen MR) is 93.7 cm³/mol. The van der Waals surface area contributed by atoms with E-state index in [0.29, 0.717) is 6.04 Å². The zero-order valence-electron chi connectivity index (χ0n) is 12.9. The van der Waals surface area contributed by atoms with Crippen molar-refractivity contribution in [2.24, 2.45) is 0 Å². The van der Waals surface area contributed by atoms with Crippen LogP contribution in [0.1, 0.15) is 36.6 Å². The Morgan fingerprint density at radius 2 is 1.77 bits per heavy atom. The van der Waals surface area contributed by atoms with Crippen molar-refractivity contribution in [1.82, 2.24) is 4.90 Å². The number of aromatic hydroxyl groups is 2. The van der Waals surface area contributed by atoms with Gasteiger partial charge in [0.25, 0.3) is 0 Å². The second kappa shape index (κ2) is 6.71. The first-order valence-electron chi connectivity index (χ1n) is 7.40. The maximum atomic E-state index is 10.2. The summed E-state index contributed by atoms with van der Waals surface area (Å²) in [6, 6.07) is 14.1. The third-order valence-corrected chi connectivity index (χ3v) is 4.43.